The van der Waals surface area contributed by atoms with Crippen molar-refractivity contribution in [2.45, 2.75) is 124 Å². The summed E-state index contributed by atoms with van der Waals surface area (Å²) < 4.78 is 67.6. The van der Waals surface area contributed by atoms with E-state index in [4.69, 9.17) is 56.8 Å². The first-order valence-corrected chi connectivity index (χ1v) is 18.7. The molecule has 2 aliphatic heterocycles. The van der Waals surface area contributed by atoms with E-state index in [0.29, 0.717) is 5.56 Å². The molecular weight excluding hydrogens is 788 g/mol. The summed E-state index contributed by atoms with van der Waals surface area (Å²) >= 11 is 0. The van der Waals surface area contributed by atoms with Crippen LogP contribution in [0.25, 0.3) is 0 Å². The third kappa shape index (κ3) is 16.2. The average Bonchev–Trinajstić information content (AvgIpc) is 3.14. The highest BCUT2D eigenvalue weighted by molar-refractivity contribution is 5.70. The lowest BCUT2D eigenvalue weighted by atomic mass is 9.91. The van der Waals surface area contributed by atoms with Crippen LogP contribution in [0.15, 0.2) is 30.3 Å². The van der Waals surface area contributed by atoms with Gasteiger partial charge in [0, 0.05) is 60.3 Å². The Bertz CT molecular complexity index is 1610. The van der Waals surface area contributed by atoms with Crippen LogP contribution in [0.5, 0.6) is 0 Å². The van der Waals surface area contributed by atoms with Crippen LogP contribution >= 0.6 is 0 Å². The summed E-state index contributed by atoms with van der Waals surface area (Å²) in [7, 11) is 0. The van der Waals surface area contributed by atoms with Gasteiger partial charge in [-0.25, -0.2) is 0 Å². The topological polar surface area (TPSA) is 247 Å². The average molecular weight is 841 g/mol. The van der Waals surface area contributed by atoms with Crippen LogP contribution in [0, 0.1) is 11.8 Å². The molecule has 0 bridgehead atoms. The molecule has 1 aromatic carbocycles. The predicted molar refractivity (Wildman–Crippen MR) is 194 cm³/mol. The zero-order valence-electron chi connectivity index (χ0n) is 34.1. The fraction of sp³-hybridized carbons (Fsp3) is 0.641. The highest BCUT2D eigenvalue weighted by atomic mass is 16.7. The number of ether oxygens (including phenoxy) is 12. The summed E-state index contributed by atoms with van der Waals surface area (Å²) in [6.07, 6.45) is -12.4. The minimum Gasteiger partial charge on any atom is -0.463 e. The van der Waals surface area contributed by atoms with Crippen molar-refractivity contribution in [3.63, 3.8) is 0 Å². The second kappa shape index (κ2) is 23.4. The molecule has 2 heterocycles. The molecule has 3 rings (SSSR count). The van der Waals surface area contributed by atoms with E-state index in [1.54, 1.807) is 37.3 Å². The highest BCUT2D eigenvalue weighted by Gasteiger charge is 2.53. The van der Waals surface area contributed by atoms with Crippen LogP contribution < -0.4 is 0 Å². The molecule has 328 valence electrons. The second-order valence-corrected chi connectivity index (χ2v) is 13.8. The maximum absolute atomic E-state index is 13.3. The molecule has 2 aliphatic rings. The van der Waals surface area contributed by atoms with Gasteiger partial charge < -0.3 is 56.8 Å². The Morgan fingerprint density at radius 1 is 0.525 bits per heavy atom. The Balaban J connectivity index is 1.95. The molecule has 1 unspecified atom stereocenters. The fourth-order valence-electron chi connectivity index (χ4n) is 6.25. The SMILES string of the molecule is CC(=O)OC[C@H]1O[C@H](OCC(CO[C@H]2O[C@H](COC(C)=O)[C@@H](OC(C)=O)[C@H](OC(C)=O)[C@@H]2C)CC(=O)OCc2ccccc2)[C@@H](OC(C)=O)[C@@H](OC(C)=O)[C@@H]1OC(C)=O. The normalized spacial score (nSPS) is 26.8. The van der Waals surface area contributed by atoms with Gasteiger partial charge in [0.1, 0.15) is 38.1 Å². The largest absolute Gasteiger partial charge is 0.463 e. The number of esters is 8. The third-order valence-electron chi connectivity index (χ3n) is 8.64. The van der Waals surface area contributed by atoms with E-state index in [-0.39, 0.29) is 19.6 Å². The molecule has 59 heavy (non-hydrogen) atoms. The van der Waals surface area contributed by atoms with E-state index in [1.807, 2.05) is 0 Å². The van der Waals surface area contributed by atoms with Crippen LogP contribution in [-0.2, 0) is 102 Å². The van der Waals surface area contributed by atoms with Crippen LogP contribution in [0.3, 0.4) is 0 Å². The number of hydrogen-bond acceptors (Lipinski definition) is 20. The molecule has 20 nitrogen and oxygen atoms in total. The van der Waals surface area contributed by atoms with E-state index in [2.05, 4.69) is 0 Å². The molecule has 1 aromatic rings. The van der Waals surface area contributed by atoms with E-state index in [9.17, 15) is 38.4 Å². The maximum atomic E-state index is 13.3. The smallest absolute Gasteiger partial charge is 0.306 e. The van der Waals surface area contributed by atoms with Crippen molar-refractivity contribution in [2.24, 2.45) is 11.8 Å². The molecular formula is C39H52O20. The Kier molecular flexibility index (Phi) is 19.1. The zero-order valence-corrected chi connectivity index (χ0v) is 34.1. The Hall–Kier alpha value is -5.18. The Morgan fingerprint density at radius 2 is 0.949 bits per heavy atom. The molecule has 0 radical (unpaired) electrons. The molecule has 0 aliphatic carbocycles. The first-order chi connectivity index (χ1) is 27.8. The van der Waals surface area contributed by atoms with E-state index in [1.165, 1.54) is 0 Å². The summed E-state index contributed by atoms with van der Waals surface area (Å²) in [5.41, 5.74) is 0.712. The zero-order chi connectivity index (χ0) is 43.8. The third-order valence-corrected chi connectivity index (χ3v) is 8.64. The molecule has 0 spiro atoms. The monoisotopic (exact) mass is 840 g/mol. The standard InChI is InChI=1S/C39H52O20/c1-20-33(53-23(4)42)34(54-24(5)43)30(18-48-21(2)40)58-38(20)51-16-29(14-32(47)50-15-28-12-10-9-11-13-28)17-52-39-37(57-27(8)46)36(56-26(7)45)35(55-25(6)44)31(59-39)19-49-22(3)41/h9-13,20,29-31,33-39H,14-19H2,1-8H3/t20-,29?,30+,31+,33+,34+,35+,36-,37-,38-,39-/m0/s1. The van der Waals surface area contributed by atoms with E-state index in [0.717, 1.165) is 48.5 Å². The molecule has 2 saturated heterocycles. The van der Waals surface area contributed by atoms with Crippen LogP contribution in [0.4, 0.5) is 0 Å². The van der Waals surface area contributed by atoms with Crippen molar-refractivity contribution in [2.75, 3.05) is 26.4 Å². The number of hydrogen-bond donors (Lipinski definition) is 0. The lowest BCUT2D eigenvalue weighted by molar-refractivity contribution is -0.313. The van der Waals surface area contributed by atoms with Crippen LogP contribution in [-0.4, -0.2) is 129 Å². The van der Waals surface area contributed by atoms with Crippen LogP contribution in [0.2, 0.25) is 0 Å². The van der Waals surface area contributed by atoms with Gasteiger partial charge in [0.25, 0.3) is 0 Å². The first-order valence-electron chi connectivity index (χ1n) is 18.7. The van der Waals surface area contributed by atoms with Gasteiger partial charge in [0.2, 0.25) is 0 Å². The predicted octanol–water partition coefficient (Wildman–Crippen LogP) is 1.64. The summed E-state index contributed by atoms with van der Waals surface area (Å²) in [6.45, 7) is 7.76. The number of carbonyl (C=O) groups excluding carboxylic acids is 8. The molecule has 11 atom stereocenters. The van der Waals surface area contributed by atoms with Gasteiger partial charge in [-0.2, -0.15) is 0 Å². The van der Waals surface area contributed by atoms with Gasteiger partial charge in [-0.05, 0) is 5.56 Å². The van der Waals surface area contributed by atoms with Crippen molar-refractivity contribution in [3.05, 3.63) is 35.9 Å². The van der Waals surface area contributed by atoms with E-state index >= 15 is 0 Å². The van der Waals surface area contributed by atoms with Crippen molar-refractivity contribution < 1.29 is 95.2 Å². The van der Waals surface area contributed by atoms with Crippen molar-refractivity contribution in [3.8, 4) is 0 Å². The maximum Gasteiger partial charge on any atom is 0.306 e. The van der Waals surface area contributed by atoms with Gasteiger partial charge >= 0.3 is 47.8 Å². The van der Waals surface area contributed by atoms with Crippen LogP contribution in [0.1, 0.15) is 67.4 Å². The second-order valence-electron chi connectivity index (χ2n) is 13.8. The molecule has 0 N–H and O–H groups in total. The summed E-state index contributed by atoms with van der Waals surface area (Å²) in [6, 6.07) is 8.87. The van der Waals surface area contributed by atoms with Gasteiger partial charge in [0.15, 0.2) is 37.0 Å². The quantitative estimate of drug-likeness (QED) is 0.142. The first kappa shape index (κ1) is 48.2. The van der Waals surface area contributed by atoms with Crippen molar-refractivity contribution >= 4 is 47.8 Å². The summed E-state index contributed by atoms with van der Waals surface area (Å²) in [5.74, 6) is -7.69. The van der Waals surface area contributed by atoms with Crippen molar-refractivity contribution in [1.29, 1.82) is 0 Å². The Labute approximate surface area is 340 Å². The molecule has 0 saturated carbocycles. The van der Waals surface area contributed by atoms with Gasteiger partial charge in [-0.1, -0.05) is 37.3 Å². The van der Waals surface area contributed by atoms with Crippen molar-refractivity contribution in [1.82, 2.24) is 0 Å². The summed E-state index contributed by atoms with van der Waals surface area (Å²) in [4.78, 5) is 97.8. The number of carbonyl (C=O) groups is 8. The molecule has 0 aromatic heterocycles. The lowest BCUT2D eigenvalue weighted by Gasteiger charge is -2.44. The number of benzene rings is 1. The lowest BCUT2D eigenvalue weighted by Crippen LogP contribution is -2.63. The summed E-state index contributed by atoms with van der Waals surface area (Å²) in [5, 5.41) is 0. The molecule has 20 heteroatoms. The number of rotatable bonds is 19. The molecule has 0 amide bonds. The van der Waals surface area contributed by atoms with Gasteiger partial charge in [0.05, 0.1) is 19.6 Å². The fourth-order valence-corrected chi connectivity index (χ4v) is 6.25. The van der Waals surface area contributed by atoms with Gasteiger partial charge in [-0.3, -0.25) is 38.4 Å². The molecule has 2 fully saturated rings. The minimum atomic E-state index is -1.57. The Morgan fingerprint density at radius 3 is 1.44 bits per heavy atom. The minimum absolute atomic E-state index is 0.0595. The van der Waals surface area contributed by atoms with Gasteiger partial charge in [-0.15, -0.1) is 0 Å². The van der Waals surface area contributed by atoms with E-state index < -0.39 is 135 Å². The highest BCUT2D eigenvalue weighted by Crippen LogP contribution is 2.33.